The van der Waals surface area contributed by atoms with E-state index in [1.807, 2.05) is 0 Å². The molecule has 0 saturated carbocycles. The van der Waals surface area contributed by atoms with Crippen LogP contribution in [0.2, 0.25) is 0 Å². The molecule has 9 heteroatoms. The van der Waals surface area contributed by atoms with E-state index in [9.17, 15) is 32.6 Å². The van der Waals surface area contributed by atoms with Crippen LogP contribution in [0.25, 0.3) is 11.0 Å². The lowest BCUT2D eigenvalue weighted by molar-refractivity contribution is -0.280. The Bertz CT molecular complexity index is 1150. The van der Waals surface area contributed by atoms with Gasteiger partial charge in [-0.1, -0.05) is 38.1 Å². The number of aliphatic hydroxyl groups is 1. The summed E-state index contributed by atoms with van der Waals surface area (Å²) in [7, 11) is 0. The fourth-order valence-corrected chi connectivity index (χ4v) is 4.41. The maximum atomic E-state index is 14.1. The van der Waals surface area contributed by atoms with Crippen LogP contribution >= 0.6 is 0 Å². The Morgan fingerprint density at radius 3 is 2.52 bits per heavy atom. The number of phenols is 1. The molecule has 31 heavy (non-hydrogen) atoms. The van der Waals surface area contributed by atoms with Gasteiger partial charge in [0.2, 0.25) is 0 Å². The van der Waals surface area contributed by atoms with Crippen molar-refractivity contribution < 1.29 is 37.0 Å². The number of para-hydroxylation sites is 1. The molecule has 0 radical (unpaired) electrons. The zero-order chi connectivity index (χ0) is 22.8. The zero-order valence-electron chi connectivity index (χ0n) is 16.5. The summed E-state index contributed by atoms with van der Waals surface area (Å²) in [6.45, 7) is 2.72. The molecule has 0 bridgehead atoms. The summed E-state index contributed by atoms with van der Waals surface area (Å²) in [4.78, 5) is 12.8. The molecule has 2 aromatic carbocycles. The SMILES string of the molecule is CC1(C)C[C@@](O)(C(F)(F)F)[C@H](NC(=O)c2cc3ccccc3o2)c2ccc(F)c(O)c21. The van der Waals surface area contributed by atoms with E-state index in [2.05, 4.69) is 5.32 Å². The number of halogens is 4. The number of hydrogen-bond acceptors (Lipinski definition) is 4. The van der Waals surface area contributed by atoms with Crippen molar-refractivity contribution in [3.05, 3.63) is 65.2 Å². The number of carbonyl (C=O) groups excluding carboxylic acids is 1. The van der Waals surface area contributed by atoms with Crippen molar-refractivity contribution in [3.63, 3.8) is 0 Å². The standard InChI is InChI=1S/C22H19F4NO4/c1-20(2)10-21(30,22(24,25)26)18(12-7-8-13(23)17(28)16(12)20)27-19(29)15-9-11-5-3-4-6-14(11)31-15/h3-9,18,28,30H,10H2,1-2H3,(H,27,29)/t18-,21+/m1/s1. The molecule has 1 amide bonds. The van der Waals surface area contributed by atoms with E-state index < -0.39 is 47.1 Å². The molecule has 0 saturated heterocycles. The third kappa shape index (κ3) is 3.23. The van der Waals surface area contributed by atoms with Gasteiger partial charge in [0.05, 0.1) is 6.04 Å². The van der Waals surface area contributed by atoms with Gasteiger partial charge in [0.15, 0.2) is 22.9 Å². The number of carbonyl (C=O) groups is 1. The van der Waals surface area contributed by atoms with Gasteiger partial charge in [-0.15, -0.1) is 0 Å². The van der Waals surface area contributed by atoms with Crippen molar-refractivity contribution >= 4 is 16.9 Å². The van der Waals surface area contributed by atoms with Gasteiger partial charge in [0.1, 0.15) is 5.58 Å². The third-order valence-corrected chi connectivity index (χ3v) is 5.75. The van der Waals surface area contributed by atoms with E-state index in [4.69, 9.17) is 4.42 Å². The van der Waals surface area contributed by atoms with Gasteiger partial charge >= 0.3 is 6.18 Å². The lowest BCUT2D eigenvalue weighted by atomic mass is 9.63. The van der Waals surface area contributed by atoms with Gasteiger partial charge in [-0.3, -0.25) is 4.79 Å². The van der Waals surface area contributed by atoms with Crippen molar-refractivity contribution in [2.45, 2.75) is 43.5 Å². The third-order valence-electron chi connectivity index (χ3n) is 5.75. The number of benzene rings is 2. The molecule has 1 aromatic heterocycles. The Labute approximate surface area is 174 Å². The maximum absolute atomic E-state index is 14.1. The lowest BCUT2D eigenvalue weighted by Gasteiger charge is -2.48. The van der Waals surface area contributed by atoms with Crippen molar-refractivity contribution in [1.82, 2.24) is 5.32 Å². The van der Waals surface area contributed by atoms with E-state index in [0.29, 0.717) is 11.0 Å². The molecule has 2 atom stereocenters. The Hall–Kier alpha value is -3.07. The van der Waals surface area contributed by atoms with Crippen LogP contribution in [0.15, 0.2) is 46.9 Å². The molecular formula is C22H19F4NO4. The largest absolute Gasteiger partial charge is 0.505 e. The summed E-state index contributed by atoms with van der Waals surface area (Å²) in [5, 5.41) is 23.8. The summed E-state index contributed by atoms with van der Waals surface area (Å²) >= 11 is 0. The minimum atomic E-state index is -5.13. The number of hydrogen-bond donors (Lipinski definition) is 3. The molecule has 0 unspecified atom stereocenters. The maximum Gasteiger partial charge on any atom is 0.419 e. The fraction of sp³-hybridized carbons (Fsp3) is 0.318. The van der Waals surface area contributed by atoms with Gasteiger partial charge in [-0.05, 0) is 35.6 Å². The predicted molar refractivity (Wildman–Crippen MR) is 103 cm³/mol. The highest BCUT2D eigenvalue weighted by molar-refractivity contribution is 5.96. The second kappa shape index (κ2) is 6.71. The Morgan fingerprint density at radius 1 is 1.19 bits per heavy atom. The molecule has 1 heterocycles. The van der Waals surface area contributed by atoms with Crippen LogP contribution < -0.4 is 5.32 Å². The van der Waals surface area contributed by atoms with E-state index in [0.717, 1.165) is 12.1 Å². The second-order valence-corrected chi connectivity index (χ2v) is 8.40. The molecule has 0 spiro atoms. The Morgan fingerprint density at radius 2 is 1.87 bits per heavy atom. The molecule has 4 rings (SSSR count). The summed E-state index contributed by atoms with van der Waals surface area (Å²) in [6, 6.07) is 7.84. The van der Waals surface area contributed by atoms with Crippen LogP contribution in [0.5, 0.6) is 5.75 Å². The average molecular weight is 437 g/mol. The van der Waals surface area contributed by atoms with Gasteiger partial charge < -0.3 is 19.9 Å². The molecule has 3 aromatic rings. The van der Waals surface area contributed by atoms with E-state index in [1.165, 1.54) is 19.9 Å². The molecule has 164 valence electrons. The van der Waals surface area contributed by atoms with E-state index in [-0.39, 0.29) is 16.9 Å². The van der Waals surface area contributed by atoms with Crippen LogP contribution in [0.3, 0.4) is 0 Å². The highest BCUT2D eigenvalue weighted by Gasteiger charge is 2.64. The average Bonchev–Trinajstić information content (AvgIpc) is 3.10. The van der Waals surface area contributed by atoms with Crippen molar-refractivity contribution in [1.29, 1.82) is 0 Å². The molecule has 0 fully saturated rings. The Balaban J connectivity index is 1.84. The molecule has 0 aliphatic heterocycles. The molecule has 5 nitrogen and oxygen atoms in total. The number of aromatic hydroxyl groups is 1. The predicted octanol–water partition coefficient (Wildman–Crippen LogP) is 4.72. The van der Waals surface area contributed by atoms with Crippen molar-refractivity contribution in [2.24, 2.45) is 0 Å². The van der Waals surface area contributed by atoms with Crippen LogP contribution in [-0.2, 0) is 5.41 Å². The van der Waals surface area contributed by atoms with Crippen molar-refractivity contribution in [2.75, 3.05) is 0 Å². The Kier molecular flexibility index (Phi) is 4.59. The first-order chi connectivity index (χ1) is 14.3. The minimum absolute atomic E-state index is 0.101. The fourth-order valence-electron chi connectivity index (χ4n) is 4.41. The number of nitrogens with one attached hydrogen (secondary N) is 1. The highest BCUT2D eigenvalue weighted by Crippen LogP contribution is 2.55. The first kappa shape index (κ1) is 21.2. The van der Waals surface area contributed by atoms with Crippen LogP contribution in [0, 0.1) is 5.82 Å². The zero-order valence-corrected chi connectivity index (χ0v) is 16.5. The molecule has 3 N–H and O–H groups in total. The van der Waals surface area contributed by atoms with Crippen LogP contribution in [-0.4, -0.2) is 27.9 Å². The normalized spacial score (nSPS) is 22.9. The van der Waals surface area contributed by atoms with Gasteiger partial charge in [-0.25, -0.2) is 4.39 Å². The number of fused-ring (bicyclic) bond motifs is 2. The molecule has 1 aliphatic rings. The van der Waals surface area contributed by atoms with Crippen LogP contribution in [0.4, 0.5) is 17.6 Å². The number of amides is 1. The lowest BCUT2D eigenvalue weighted by Crippen LogP contribution is -2.60. The summed E-state index contributed by atoms with van der Waals surface area (Å²) in [6.07, 6.45) is -6.03. The number of phenolic OH excluding ortho intramolecular Hbond substituents is 1. The van der Waals surface area contributed by atoms with Crippen molar-refractivity contribution in [3.8, 4) is 5.75 Å². The van der Waals surface area contributed by atoms with E-state index in [1.54, 1.807) is 24.3 Å². The first-order valence-corrected chi connectivity index (χ1v) is 9.45. The summed E-state index contributed by atoms with van der Waals surface area (Å²) in [5.41, 5.74) is -4.76. The van der Waals surface area contributed by atoms with E-state index >= 15 is 0 Å². The summed E-state index contributed by atoms with van der Waals surface area (Å²) in [5.74, 6) is -3.05. The van der Waals surface area contributed by atoms with Gasteiger partial charge in [-0.2, -0.15) is 13.2 Å². The smallest absolute Gasteiger partial charge is 0.419 e. The van der Waals surface area contributed by atoms with Gasteiger partial charge in [0, 0.05) is 10.9 Å². The topological polar surface area (TPSA) is 82.7 Å². The number of furan rings is 1. The quantitative estimate of drug-likeness (QED) is 0.507. The monoisotopic (exact) mass is 437 g/mol. The first-order valence-electron chi connectivity index (χ1n) is 9.45. The number of alkyl halides is 3. The van der Waals surface area contributed by atoms with Crippen LogP contribution in [0.1, 0.15) is 48.0 Å². The molecule has 1 aliphatic carbocycles. The number of rotatable bonds is 2. The summed E-state index contributed by atoms with van der Waals surface area (Å²) < 4.78 is 61.6. The minimum Gasteiger partial charge on any atom is -0.505 e. The van der Waals surface area contributed by atoms with Gasteiger partial charge in [0.25, 0.3) is 5.91 Å². The molecular weight excluding hydrogens is 418 g/mol. The highest BCUT2D eigenvalue weighted by atomic mass is 19.4. The second-order valence-electron chi connectivity index (χ2n) is 8.40.